The predicted octanol–water partition coefficient (Wildman–Crippen LogP) is 3.86. The van der Waals surface area contributed by atoms with E-state index < -0.39 is 0 Å². The van der Waals surface area contributed by atoms with Gasteiger partial charge in [0, 0.05) is 22.9 Å². The highest BCUT2D eigenvalue weighted by Crippen LogP contribution is 2.43. The van der Waals surface area contributed by atoms with Crippen LogP contribution in [0.15, 0.2) is 6.07 Å². The van der Waals surface area contributed by atoms with Crippen LogP contribution in [0.4, 0.5) is 0 Å². The van der Waals surface area contributed by atoms with Crippen molar-refractivity contribution in [1.82, 2.24) is 0 Å². The van der Waals surface area contributed by atoms with E-state index in [-0.39, 0.29) is 6.04 Å². The molecule has 0 aliphatic heterocycles. The summed E-state index contributed by atoms with van der Waals surface area (Å²) >= 11 is 1.95. The van der Waals surface area contributed by atoms with Crippen molar-refractivity contribution in [2.45, 2.75) is 58.1 Å². The summed E-state index contributed by atoms with van der Waals surface area (Å²) in [4.78, 5) is 2.95. The number of nitrogens with two attached hydrogens (primary N) is 1. The van der Waals surface area contributed by atoms with Gasteiger partial charge in [-0.05, 0) is 42.7 Å². The van der Waals surface area contributed by atoms with Gasteiger partial charge >= 0.3 is 0 Å². The molecule has 3 unspecified atom stereocenters. The minimum Gasteiger partial charge on any atom is -0.377 e. The van der Waals surface area contributed by atoms with Crippen molar-refractivity contribution in [1.29, 1.82) is 0 Å². The van der Waals surface area contributed by atoms with Crippen LogP contribution in [0.1, 0.15) is 61.0 Å². The molecular formula is C15H25NOS. The van der Waals surface area contributed by atoms with Gasteiger partial charge in [0.2, 0.25) is 0 Å². The Hall–Kier alpha value is -0.380. The summed E-state index contributed by atoms with van der Waals surface area (Å²) in [5.74, 6) is 1.22. The maximum absolute atomic E-state index is 6.18. The Balaban J connectivity index is 2.20. The first kappa shape index (κ1) is 14.0. The highest BCUT2D eigenvalue weighted by molar-refractivity contribution is 7.12. The molecule has 0 aromatic carbocycles. The average molecular weight is 267 g/mol. The minimum atomic E-state index is 0.265. The number of rotatable bonds is 4. The summed E-state index contributed by atoms with van der Waals surface area (Å²) in [5, 5.41) is 0. The van der Waals surface area contributed by atoms with Gasteiger partial charge in [0.15, 0.2) is 0 Å². The van der Waals surface area contributed by atoms with E-state index in [0.29, 0.717) is 17.9 Å². The molecule has 1 aromatic heterocycles. The molecule has 0 amide bonds. The Kier molecular flexibility index (Phi) is 4.46. The maximum Gasteiger partial charge on any atom is 0.0832 e. The number of hydrogen-bond donors (Lipinski definition) is 1. The third kappa shape index (κ3) is 2.79. The molecule has 0 saturated carbocycles. The molecular weight excluding hydrogens is 242 g/mol. The van der Waals surface area contributed by atoms with Crippen molar-refractivity contribution in [3.05, 3.63) is 21.4 Å². The monoisotopic (exact) mass is 267 g/mol. The van der Waals surface area contributed by atoms with Crippen LogP contribution in [-0.4, -0.2) is 13.2 Å². The van der Waals surface area contributed by atoms with Gasteiger partial charge in [-0.25, -0.2) is 0 Å². The Morgan fingerprint density at radius 3 is 2.78 bits per heavy atom. The number of hydrogen-bond acceptors (Lipinski definition) is 3. The van der Waals surface area contributed by atoms with E-state index in [4.69, 9.17) is 10.5 Å². The summed E-state index contributed by atoms with van der Waals surface area (Å²) in [7, 11) is 1.82. The average Bonchev–Trinajstić information content (AvgIpc) is 2.74. The van der Waals surface area contributed by atoms with Crippen molar-refractivity contribution in [3.63, 3.8) is 0 Å². The van der Waals surface area contributed by atoms with Crippen molar-refractivity contribution < 1.29 is 4.74 Å². The molecule has 1 aromatic rings. The van der Waals surface area contributed by atoms with E-state index in [9.17, 15) is 0 Å². The second kappa shape index (κ2) is 5.72. The zero-order valence-corrected chi connectivity index (χ0v) is 12.7. The van der Waals surface area contributed by atoms with Crippen molar-refractivity contribution in [2.75, 3.05) is 7.11 Å². The van der Waals surface area contributed by atoms with Crippen LogP contribution in [0.5, 0.6) is 0 Å². The quantitative estimate of drug-likeness (QED) is 0.899. The lowest BCUT2D eigenvalue weighted by Crippen LogP contribution is -2.28. The molecule has 2 nitrogen and oxygen atoms in total. The Labute approximate surface area is 115 Å². The van der Waals surface area contributed by atoms with Crippen LogP contribution in [0, 0.1) is 5.92 Å². The lowest BCUT2D eigenvalue weighted by atomic mass is 9.88. The Bertz CT molecular complexity index is 399. The van der Waals surface area contributed by atoms with Crippen molar-refractivity contribution >= 4 is 11.3 Å². The van der Waals surface area contributed by atoms with Crippen molar-refractivity contribution in [3.8, 4) is 0 Å². The SMILES string of the molecule is COC1CCC(C)c2sc(CC(N)C(C)C)cc21. The number of thiophene rings is 1. The first-order chi connectivity index (χ1) is 8.52. The largest absolute Gasteiger partial charge is 0.377 e. The van der Waals surface area contributed by atoms with Gasteiger partial charge in [0.1, 0.15) is 0 Å². The zero-order valence-electron chi connectivity index (χ0n) is 11.9. The normalized spacial score (nSPS) is 25.2. The first-order valence-corrected chi connectivity index (χ1v) is 7.75. The van der Waals surface area contributed by atoms with Gasteiger partial charge in [-0.3, -0.25) is 0 Å². The van der Waals surface area contributed by atoms with Crippen LogP contribution in [-0.2, 0) is 11.2 Å². The van der Waals surface area contributed by atoms with Gasteiger partial charge in [0.25, 0.3) is 0 Å². The molecule has 18 heavy (non-hydrogen) atoms. The molecule has 1 aliphatic rings. The molecule has 1 aliphatic carbocycles. The van der Waals surface area contributed by atoms with Crippen LogP contribution in [0.2, 0.25) is 0 Å². The van der Waals surface area contributed by atoms with Gasteiger partial charge < -0.3 is 10.5 Å². The second-order valence-electron chi connectivity index (χ2n) is 5.85. The summed E-state index contributed by atoms with van der Waals surface area (Å²) in [6.07, 6.45) is 3.69. The molecule has 1 heterocycles. The molecule has 102 valence electrons. The lowest BCUT2D eigenvalue weighted by molar-refractivity contribution is 0.0859. The standard InChI is InChI=1S/C15H25NOS/c1-9(2)13(16)8-11-7-12-14(17-4)6-5-10(3)15(12)18-11/h7,9-10,13-14H,5-6,8,16H2,1-4H3. The number of ether oxygens (including phenoxy) is 1. The van der Waals surface area contributed by atoms with E-state index in [2.05, 4.69) is 26.8 Å². The number of fused-ring (bicyclic) bond motifs is 1. The molecule has 0 radical (unpaired) electrons. The van der Waals surface area contributed by atoms with E-state index >= 15 is 0 Å². The van der Waals surface area contributed by atoms with E-state index in [0.717, 1.165) is 12.8 Å². The second-order valence-corrected chi connectivity index (χ2v) is 7.02. The number of methoxy groups -OCH3 is 1. The molecule has 0 fully saturated rings. The van der Waals surface area contributed by atoms with Crippen LogP contribution < -0.4 is 5.73 Å². The van der Waals surface area contributed by atoms with E-state index in [1.54, 1.807) is 0 Å². The van der Waals surface area contributed by atoms with Gasteiger partial charge in [-0.15, -0.1) is 11.3 Å². The topological polar surface area (TPSA) is 35.2 Å². The highest BCUT2D eigenvalue weighted by atomic mass is 32.1. The molecule has 0 spiro atoms. The van der Waals surface area contributed by atoms with E-state index in [1.807, 2.05) is 18.4 Å². The summed E-state index contributed by atoms with van der Waals surface area (Å²) in [5.41, 5.74) is 7.61. The van der Waals surface area contributed by atoms with Gasteiger partial charge in [-0.2, -0.15) is 0 Å². The Morgan fingerprint density at radius 1 is 1.44 bits per heavy atom. The summed E-state index contributed by atoms with van der Waals surface area (Å²) in [6, 6.07) is 2.60. The highest BCUT2D eigenvalue weighted by Gasteiger charge is 2.27. The third-order valence-corrected chi connectivity index (χ3v) is 5.48. The molecule has 3 heteroatoms. The van der Waals surface area contributed by atoms with Gasteiger partial charge in [0.05, 0.1) is 6.10 Å². The summed E-state index contributed by atoms with van der Waals surface area (Å²) < 4.78 is 5.61. The molecule has 3 atom stereocenters. The fourth-order valence-corrected chi connectivity index (χ4v) is 3.98. The first-order valence-electron chi connectivity index (χ1n) is 6.93. The van der Waals surface area contributed by atoms with Crippen LogP contribution in [0.3, 0.4) is 0 Å². The van der Waals surface area contributed by atoms with Crippen molar-refractivity contribution in [2.24, 2.45) is 11.7 Å². The fourth-order valence-electron chi connectivity index (χ4n) is 2.61. The third-order valence-electron chi connectivity index (χ3n) is 4.08. The molecule has 0 bridgehead atoms. The Morgan fingerprint density at radius 2 is 2.17 bits per heavy atom. The van der Waals surface area contributed by atoms with Crippen LogP contribution >= 0.6 is 11.3 Å². The predicted molar refractivity (Wildman–Crippen MR) is 78.2 cm³/mol. The zero-order chi connectivity index (χ0) is 13.3. The summed E-state index contributed by atoms with van der Waals surface area (Å²) in [6.45, 7) is 6.71. The fraction of sp³-hybridized carbons (Fsp3) is 0.733. The van der Waals surface area contributed by atoms with Gasteiger partial charge in [-0.1, -0.05) is 20.8 Å². The maximum atomic E-state index is 6.18. The molecule has 0 saturated heterocycles. The smallest absolute Gasteiger partial charge is 0.0832 e. The molecule has 2 rings (SSSR count). The molecule has 2 N–H and O–H groups in total. The van der Waals surface area contributed by atoms with E-state index in [1.165, 1.54) is 21.7 Å². The lowest BCUT2D eigenvalue weighted by Gasteiger charge is -2.25. The minimum absolute atomic E-state index is 0.265. The van der Waals surface area contributed by atoms with Crippen LogP contribution in [0.25, 0.3) is 0 Å².